The quantitative estimate of drug-likeness (QED) is 0.532. The average molecular weight is 379 g/mol. The van der Waals surface area contributed by atoms with Crippen LogP contribution in [0.5, 0.6) is 11.5 Å². The van der Waals surface area contributed by atoms with Gasteiger partial charge in [-0.25, -0.2) is 0 Å². The van der Waals surface area contributed by atoms with E-state index < -0.39 is 0 Å². The third kappa shape index (κ3) is 6.59. The zero-order valence-electron chi connectivity index (χ0n) is 17.2. The van der Waals surface area contributed by atoms with Gasteiger partial charge in [-0.05, 0) is 31.0 Å². The molecule has 1 aromatic rings. The lowest BCUT2D eigenvalue weighted by Crippen LogP contribution is -2.44. The topological polar surface area (TPSA) is 67.4 Å². The molecule has 0 amide bonds. The summed E-state index contributed by atoms with van der Waals surface area (Å²) in [4.78, 5) is 6.81. The van der Waals surface area contributed by atoms with E-state index in [0.29, 0.717) is 5.92 Å². The summed E-state index contributed by atoms with van der Waals surface area (Å²) >= 11 is 0. The van der Waals surface area contributed by atoms with Crippen LogP contribution in [0.4, 0.5) is 0 Å². The minimum Gasteiger partial charge on any atom is -0.497 e. The lowest BCUT2D eigenvalue weighted by molar-refractivity contribution is 0.0320. The van der Waals surface area contributed by atoms with Gasteiger partial charge >= 0.3 is 0 Å². The highest BCUT2D eigenvalue weighted by atomic mass is 16.5. The van der Waals surface area contributed by atoms with E-state index in [-0.39, 0.29) is 6.04 Å². The van der Waals surface area contributed by atoms with Crippen LogP contribution in [0.1, 0.15) is 25.5 Å². The second-order valence-corrected chi connectivity index (χ2v) is 6.95. The Bertz CT molecular complexity index is 603. The molecule has 0 aliphatic carbocycles. The fourth-order valence-electron chi connectivity index (χ4n) is 3.22. The molecule has 7 heteroatoms. The van der Waals surface area contributed by atoms with Crippen molar-refractivity contribution in [3.63, 3.8) is 0 Å². The highest BCUT2D eigenvalue weighted by molar-refractivity contribution is 5.80. The first-order valence-corrected chi connectivity index (χ1v) is 9.56. The summed E-state index contributed by atoms with van der Waals surface area (Å²) in [5, 5.41) is 6.87. The second-order valence-electron chi connectivity index (χ2n) is 6.95. The fourth-order valence-corrected chi connectivity index (χ4v) is 3.22. The molecule has 27 heavy (non-hydrogen) atoms. The third-order valence-corrected chi connectivity index (χ3v) is 4.77. The zero-order valence-corrected chi connectivity index (χ0v) is 17.2. The molecule has 1 aliphatic rings. The van der Waals surface area contributed by atoms with E-state index in [1.807, 2.05) is 18.2 Å². The molecule has 0 radical (unpaired) electrons. The largest absolute Gasteiger partial charge is 0.497 e. The summed E-state index contributed by atoms with van der Waals surface area (Å²) in [6.45, 7) is 9.97. The Morgan fingerprint density at radius 1 is 1.22 bits per heavy atom. The molecule has 0 spiro atoms. The number of nitrogens with one attached hydrogen (secondary N) is 2. The number of nitrogens with zero attached hydrogens (tertiary/aromatic N) is 2. The summed E-state index contributed by atoms with van der Waals surface area (Å²) in [5.41, 5.74) is 1.03. The van der Waals surface area contributed by atoms with E-state index in [1.165, 1.54) is 0 Å². The summed E-state index contributed by atoms with van der Waals surface area (Å²) in [5.74, 6) is 2.93. The predicted molar refractivity (Wildman–Crippen MR) is 109 cm³/mol. The van der Waals surface area contributed by atoms with Gasteiger partial charge in [-0.2, -0.15) is 0 Å². The van der Waals surface area contributed by atoms with Crippen molar-refractivity contribution < 1.29 is 14.2 Å². The monoisotopic (exact) mass is 378 g/mol. The van der Waals surface area contributed by atoms with E-state index in [0.717, 1.165) is 62.4 Å². The number of morpholine rings is 1. The SMILES string of the molecule is CN=C(NCC(C)CN1CCOCC1)NC(C)c1cc(OC)ccc1OC. The van der Waals surface area contributed by atoms with Gasteiger partial charge in [0.15, 0.2) is 5.96 Å². The smallest absolute Gasteiger partial charge is 0.191 e. The van der Waals surface area contributed by atoms with Gasteiger partial charge in [0.05, 0.1) is 33.5 Å². The number of guanidine groups is 1. The molecule has 2 atom stereocenters. The number of rotatable bonds is 8. The maximum Gasteiger partial charge on any atom is 0.191 e. The number of hydrogen-bond donors (Lipinski definition) is 2. The van der Waals surface area contributed by atoms with E-state index in [4.69, 9.17) is 14.2 Å². The van der Waals surface area contributed by atoms with E-state index in [2.05, 4.69) is 34.4 Å². The molecule has 1 fully saturated rings. The molecular formula is C20H34N4O3. The Balaban J connectivity index is 1.88. The van der Waals surface area contributed by atoms with E-state index >= 15 is 0 Å². The van der Waals surface area contributed by atoms with Crippen molar-refractivity contribution in [1.82, 2.24) is 15.5 Å². The highest BCUT2D eigenvalue weighted by Gasteiger charge is 2.16. The zero-order chi connectivity index (χ0) is 19.6. The van der Waals surface area contributed by atoms with Crippen LogP contribution in [0.15, 0.2) is 23.2 Å². The van der Waals surface area contributed by atoms with Crippen LogP contribution < -0.4 is 20.1 Å². The first kappa shape index (κ1) is 21.3. The molecule has 0 saturated carbocycles. The Kier molecular flexibility index (Phi) is 8.67. The molecule has 0 bridgehead atoms. The molecule has 2 unspecified atom stereocenters. The van der Waals surface area contributed by atoms with Gasteiger partial charge in [-0.15, -0.1) is 0 Å². The van der Waals surface area contributed by atoms with Crippen molar-refractivity contribution in [2.45, 2.75) is 19.9 Å². The first-order chi connectivity index (χ1) is 13.1. The maximum absolute atomic E-state index is 5.49. The van der Waals surface area contributed by atoms with Gasteiger partial charge < -0.3 is 24.8 Å². The minimum atomic E-state index is 0.0239. The van der Waals surface area contributed by atoms with Crippen molar-refractivity contribution in [2.24, 2.45) is 10.9 Å². The fraction of sp³-hybridized carbons (Fsp3) is 0.650. The number of methoxy groups -OCH3 is 2. The predicted octanol–water partition coefficient (Wildman–Crippen LogP) is 1.90. The first-order valence-electron chi connectivity index (χ1n) is 9.56. The van der Waals surface area contributed by atoms with Crippen LogP contribution in [0.25, 0.3) is 0 Å². The molecule has 152 valence electrons. The van der Waals surface area contributed by atoms with Gasteiger partial charge in [0.1, 0.15) is 11.5 Å². The number of benzene rings is 1. The number of aliphatic imine (C=N–C) groups is 1. The molecule has 1 saturated heterocycles. The lowest BCUT2D eigenvalue weighted by Gasteiger charge is -2.29. The Hall–Kier alpha value is -1.99. The van der Waals surface area contributed by atoms with Crippen molar-refractivity contribution in [1.29, 1.82) is 0 Å². The van der Waals surface area contributed by atoms with Crippen molar-refractivity contribution >= 4 is 5.96 Å². The molecule has 1 aromatic carbocycles. The normalized spacial score (nSPS) is 17.9. The van der Waals surface area contributed by atoms with Crippen LogP contribution in [0.2, 0.25) is 0 Å². The lowest BCUT2D eigenvalue weighted by atomic mass is 10.1. The van der Waals surface area contributed by atoms with Gasteiger partial charge in [-0.3, -0.25) is 9.89 Å². The molecule has 0 aromatic heterocycles. The van der Waals surface area contributed by atoms with Crippen molar-refractivity contribution in [3.8, 4) is 11.5 Å². The van der Waals surface area contributed by atoms with E-state index in [1.54, 1.807) is 21.3 Å². The summed E-state index contributed by atoms with van der Waals surface area (Å²) < 4.78 is 16.2. The minimum absolute atomic E-state index is 0.0239. The van der Waals surface area contributed by atoms with Crippen LogP contribution in [0, 0.1) is 5.92 Å². The standard InChI is InChI=1S/C20H34N4O3/c1-15(14-24-8-10-27-11-9-24)13-22-20(21-3)23-16(2)18-12-17(25-4)6-7-19(18)26-5/h6-7,12,15-16H,8-11,13-14H2,1-5H3,(H2,21,22,23). The van der Waals surface area contributed by atoms with Crippen LogP contribution in [-0.4, -0.2) is 71.5 Å². The maximum atomic E-state index is 5.49. The molecule has 2 N–H and O–H groups in total. The Labute approximate surface area is 163 Å². The number of ether oxygens (including phenoxy) is 3. The average Bonchev–Trinajstić information content (AvgIpc) is 2.71. The van der Waals surface area contributed by atoms with Crippen molar-refractivity contribution in [2.75, 3.05) is 60.7 Å². The second kappa shape index (κ2) is 11.0. The summed E-state index contributed by atoms with van der Waals surface area (Å²) in [7, 11) is 5.13. The molecule has 7 nitrogen and oxygen atoms in total. The van der Waals surface area contributed by atoms with E-state index in [9.17, 15) is 0 Å². The van der Waals surface area contributed by atoms with Gasteiger partial charge in [0.2, 0.25) is 0 Å². The summed E-state index contributed by atoms with van der Waals surface area (Å²) in [6, 6.07) is 5.84. The highest BCUT2D eigenvalue weighted by Crippen LogP contribution is 2.29. The van der Waals surface area contributed by atoms with Gasteiger partial charge in [0, 0.05) is 38.8 Å². The Morgan fingerprint density at radius 2 is 1.96 bits per heavy atom. The summed E-state index contributed by atoms with van der Waals surface area (Å²) in [6.07, 6.45) is 0. The van der Waals surface area contributed by atoms with Crippen LogP contribution >= 0.6 is 0 Å². The van der Waals surface area contributed by atoms with Crippen LogP contribution in [0.3, 0.4) is 0 Å². The third-order valence-electron chi connectivity index (χ3n) is 4.77. The Morgan fingerprint density at radius 3 is 2.59 bits per heavy atom. The van der Waals surface area contributed by atoms with Crippen molar-refractivity contribution in [3.05, 3.63) is 23.8 Å². The van der Waals surface area contributed by atoms with Crippen LogP contribution in [-0.2, 0) is 4.74 Å². The number of hydrogen-bond acceptors (Lipinski definition) is 5. The molecular weight excluding hydrogens is 344 g/mol. The van der Waals surface area contributed by atoms with Gasteiger partial charge in [0.25, 0.3) is 0 Å². The molecule has 1 aliphatic heterocycles. The van der Waals surface area contributed by atoms with Gasteiger partial charge in [-0.1, -0.05) is 6.92 Å². The molecule has 2 rings (SSSR count). The molecule has 1 heterocycles.